The van der Waals surface area contributed by atoms with E-state index in [9.17, 15) is 4.79 Å². The quantitative estimate of drug-likeness (QED) is 0.867. The molecule has 2 rings (SSSR count). The summed E-state index contributed by atoms with van der Waals surface area (Å²) in [7, 11) is 0. The zero-order chi connectivity index (χ0) is 13.9. The van der Waals surface area contributed by atoms with Gasteiger partial charge in [0, 0.05) is 13.1 Å². The van der Waals surface area contributed by atoms with Gasteiger partial charge in [0.2, 0.25) is 5.91 Å². The van der Waals surface area contributed by atoms with Gasteiger partial charge < -0.3 is 10.6 Å². The largest absolute Gasteiger partial charge is 0.341 e. The van der Waals surface area contributed by atoms with Gasteiger partial charge in [0.25, 0.3) is 0 Å². The minimum absolute atomic E-state index is 0. The number of nitrogens with two attached hydrogens (primary N) is 1. The highest BCUT2D eigenvalue weighted by atomic mass is 35.5. The Bertz CT molecular complexity index is 314. The van der Waals surface area contributed by atoms with Crippen LogP contribution in [0.25, 0.3) is 0 Å². The van der Waals surface area contributed by atoms with E-state index in [1.54, 1.807) is 0 Å². The van der Waals surface area contributed by atoms with Crippen molar-refractivity contribution >= 4 is 18.3 Å². The summed E-state index contributed by atoms with van der Waals surface area (Å²) in [6.07, 6.45) is 11.1. The van der Waals surface area contributed by atoms with Crippen LogP contribution in [0.4, 0.5) is 0 Å². The summed E-state index contributed by atoms with van der Waals surface area (Å²) in [5.41, 5.74) is 6.08. The highest BCUT2D eigenvalue weighted by Gasteiger charge is 2.39. The smallest absolute Gasteiger partial charge is 0.242 e. The maximum absolute atomic E-state index is 12.5. The third-order valence-electron chi connectivity index (χ3n) is 5.28. The minimum Gasteiger partial charge on any atom is -0.341 e. The van der Waals surface area contributed by atoms with Crippen LogP contribution in [0.1, 0.15) is 71.6 Å². The van der Waals surface area contributed by atoms with Gasteiger partial charge in [-0.2, -0.15) is 0 Å². The molecule has 1 heterocycles. The molecule has 1 aliphatic heterocycles. The van der Waals surface area contributed by atoms with Crippen molar-refractivity contribution in [2.24, 2.45) is 11.1 Å². The second kappa shape index (κ2) is 7.13. The molecule has 3 nitrogen and oxygen atoms in total. The summed E-state index contributed by atoms with van der Waals surface area (Å²) in [6, 6.07) is 0. The van der Waals surface area contributed by atoms with Crippen LogP contribution in [-0.4, -0.2) is 29.4 Å². The fraction of sp³-hybridized carbons (Fsp3) is 0.938. The van der Waals surface area contributed by atoms with Crippen molar-refractivity contribution in [2.45, 2.75) is 77.2 Å². The standard InChI is InChI=1S/C16H30N2O.ClH/c1-3-7-15(2,17)14(19)18-12-10-16(11-13-18)8-5-4-6-9-16;/h3-13,17H2,1-2H3;1H. The molecule has 1 unspecified atom stereocenters. The highest BCUT2D eigenvalue weighted by molar-refractivity contribution is 5.86. The lowest BCUT2D eigenvalue weighted by molar-refractivity contribution is -0.139. The number of rotatable bonds is 3. The summed E-state index contributed by atoms with van der Waals surface area (Å²) in [5.74, 6) is 0.167. The molecule has 118 valence electrons. The molecule has 1 aliphatic carbocycles. The van der Waals surface area contributed by atoms with Crippen molar-refractivity contribution in [3.63, 3.8) is 0 Å². The van der Waals surface area contributed by atoms with Crippen LogP contribution in [-0.2, 0) is 4.79 Å². The number of halogens is 1. The Balaban J connectivity index is 0.00000200. The predicted octanol–water partition coefficient (Wildman–Crippen LogP) is 3.50. The predicted molar refractivity (Wildman–Crippen MR) is 86.1 cm³/mol. The average Bonchev–Trinajstić information content (AvgIpc) is 2.40. The Kier molecular flexibility index (Phi) is 6.33. The van der Waals surface area contributed by atoms with Gasteiger partial charge in [0.05, 0.1) is 5.54 Å². The number of amides is 1. The van der Waals surface area contributed by atoms with Gasteiger partial charge in [-0.3, -0.25) is 4.79 Å². The summed E-state index contributed by atoms with van der Waals surface area (Å²) in [6.45, 7) is 5.83. The summed E-state index contributed by atoms with van der Waals surface area (Å²) < 4.78 is 0. The van der Waals surface area contributed by atoms with Crippen molar-refractivity contribution in [3.8, 4) is 0 Å². The van der Waals surface area contributed by atoms with Crippen LogP contribution in [0.2, 0.25) is 0 Å². The van der Waals surface area contributed by atoms with E-state index >= 15 is 0 Å². The van der Waals surface area contributed by atoms with Gasteiger partial charge in [-0.1, -0.05) is 32.6 Å². The topological polar surface area (TPSA) is 46.3 Å². The van der Waals surface area contributed by atoms with Gasteiger partial charge in [-0.05, 0) is 44.4 Å². The zero-order valence-corrected chi connectivity index (χ0v) is 13.9. The molecule has 0 aromatic rings. The van der Waals surface area contributed by atoms with Gasteiger partial charge in [-0.15, -0.1) is 12.4 Å². The molecule has 1 spiro atoms. The monoisotopic (exact) mass is 302 g/mol. The summed E-state index contributed by atoms with van der Waals surface area (Å²) in [4.78, 5) is 14.5. The Morgan fingerprint density at radius 1 is 1.15 bits per heavy atom. The molecule has 2 fully saturated rings. The lowest BCUT2D eigenvalue weighted by Gasteiger charge is -2.45. The molecule has 0 bridgehead atoms. The molecule has 0 aromatic carbocycles. The molecule has 0 radical (unpaired) electrons. The first-order valence-electron chi connectivity index (χ1n) is 8.07. The Morgan fingerprint density at radius 2 is 1.70 bits per heavy atom. The number of nitrogens with zero attached hydrogens (tertiary/aromatic N) is 1. The van der Waals surface area contributed by atoms with E-state index < -0.39 is 5.54 Å². The maximum atomic E-state index is 12.5. The fourth-order valence-electron chi connectivity index (χ4n) is 3.97. The van der Waals surface area contributed by atoms with Crippen molar-refractivity contribution in [3.05, 3.63) is 0 Å². The number of carbonyl (C=O) groups excluding carboxylic acids is 1. The number of carbonyl (C=O) groups is 1. The van der Waals surface area contributed by atoms with E-state index in [0.29, 0.717) is 5.41 Å². The lowest BCUT2D eigenvalue weighted by atomic mass is 9.68. The van der Waals surface area contributed by atoms with Gasteiger partial charge in [0.1, 0.15) is 0 Å². The SMILES string of the molecule is CCCC(C)(N)C(=O)N1CCC2(CCCCC2)CC1.Cl. The number of hydrogen-bond donors (Lipinski definition) is 1. The molecule has 0 aromatic heterocycles. The van der Waals surface area contributed by atoms with Crippen LogP contribution in [0.3, 0.4) is 0 Å². The van der Waals surface area contributed by atoms with E-state index in [1.807, 2.05) is 11.8 Å². The molecule has 1 saturated heterocycles. The molecule has 2 N–H and O–H groups in total. The normalized spacial score (nSPS) is 24.9. The molecule has 1 saturated carbocycles. The Hall–Kier alpha value is -0.280. The molecule has 2 aliphatic rings. The number of hydrogen-bond acceptors (Lipinski definition) is 2. The molecule has 4 heteroatoms. The lowest BCUT2D eigenvalue weighted by Crippen LogP contribution is -2.56. The van der Waals surface area contributed by atoms with Gasteiger partial charge in [0.15, 0.2) is 0 Å². The molecule has 1 atom stereocenters. The molecule has 20 heavy (non-hydrogen) atoms. The van der Waals surface area contributed by atoms with Gasteiger partial charge >= 0.3 is 0 Å². The summed E-state index contributed by atoms with van der Waals surface area (Å²) >= 11 is 0. The maximum Gasteiger partial charge on any atom is 0.242 e. The van der Waals surface area contributed by atoms with Crippen molar-refractivity contribution in [1.29, 1.82) is 0 Å². The van der Waals surface area contributed by atoms with E-state index in [4.69, 9.17) is 5.73 Å². The summed E-state index contributed by atoms with van der Waals surface area (Å²) in [5, 5.41) is 0. The highest BCUT2D eigenvalue weighted by Crippen LogP contribution is 2.44. The minimum atomic E-state index is -0.661. The second-order valence-electron chi connectivity index (χ2n) is 7.02. The molecular formula is C16H31ClN2O. The van der Waals surface area contributed by atoms with Crippen molar-refractivity contribution in [2.75, 3.05) is 13.1 Å². The van der Waals surface area contributed by atoms with Crippen LogP contribution in [0.5, 0.6) is 0 Å². The van der Waals surface area contributed by atoms with Gasteiger partial charge in [-0.25, -0.2) is 0 Å². The molecule has 1 amide bonds. The Labute approximate surface area is 130 Å². The van der Waals surface area contributed by atoms with E-state index in [2.05, 4.69) is 6.92 Å². The van der Waals surface area contributed by atoms with Crippen molar-refractivity contribution < 1.29 is 4.79 Å². The van der Waals surface area contributed by atoms with Crippen LogP contribution < -0.4 is 5.73 Å². The van der Waals surface area contributed by atoms with E-state index in [-0.39, 0.29) is 18.3 Å². The third-order valence-corrected chi connectivity index (χ3v) is 5.28. The molecular weight excluding hydrogens is 272 g/mol. The van der Waals surface area contributed by atoms with E-state index in [0.717, 1.165) is 25.9 Å². The first-order valence-corrected chi connectivity index (χ1v) is 8.07. The first-order chi connectivity index (χ1) is 8.99. The van der Waals surface area contributed by atoms with Crippen LogP contribution >= 0.6 is 12.4 Å². The second-order valence-corrected chi connectivity index (χ2v) is 7.02. The Morgan fingerprint density at radius 3 is 2.20 bits per heavy atom. The average molecular weight is 303 g/mol. The fourth-order valence-corrected chi connectivity index (χ4v) is 3.97. The number of likely N-dealkylation sites (tertiary alicyclic amines) is 1. The van der Waals surface area contributed by atoms with E-state index in [1.165, 1.54) is 44.9 Å². The first kappa shape index (κ1) is 17.8. The van der Waals surface area contributed by atoms with Crippen molar-refractivity contribution in [1.82, 2.24) is 4.90 Å². The number of piperidine rings is 1. The third kappa shape index (κ3) is 3.88. The van der Waals surface area contributed by atoms with Crippen LogP contribution in [0.15, 0.2) is 0 Å². The zero-order valence-electron chi connectivity index (χ0n) is 13.1. The van der Waals surface area contributed by atoms with Crippen LogP contribution in [0, 0.1) is 5.41 Å².